The normalized spacial score (nSPS) is 10.3. The lowest BCUT2D eigenvalue weighted by atomic mass is 10.0. The number of hydrogen-bond donors (Lipinski definition) is 1. The van der Waals surface area contributed by atoms with Crippen molar-refractivity contribution in [3.05, 3.63) is 29.3 Å². The van der Waals surface area contributed by atoms with E-state index in [0.717, 1.165) is 5.56 Å². The van der Waals surface area contributed by atoms with Crippen LogP contribution in [-0.2, 0) is 0 Å². The van der Waals surface area contributed by atoms with Crippen LogP contribution < -0.4 is 10.1 Å². The monoisotopic (exact) mass is 221 g/mol. The molecule has 0 aliphatic carbocycles. The maximum Gasteiger partial charge on any atom is 0.412 e. The Bertz CT molecular complexity index is 372. The van der Waals surface area contributed by atoms with Gasteiger partial charge in [-0.2, -0.15) is 0 Å². The van der Waals surface area contributed by atoms with E-state index in [4.69, 9.17) is 4.74 Å². The van der Waals surface area contributed by atoms with Crippen LogP contribution in [0.5, 0.6) is 5.75 Å². The van der Waals surface area contributed by atoms with E-state index in [9.17, 15) is 4.79 Å². The van der Waals surface area contributed by atoms with E-state index in [1.807, 2.05) is 26.0 Å². The summed E-state index contributed by atoms with van der Waals surface area (Å²) in [7, 11) is 0. The first-order chi connectivity index (χ1) is 7.52. The van der Waals surface area contributed by atoms with Gasteiger partial charge in [0.15, 0.2) is 0 Å². The molecule has 1 aromatic rings. The molecule has 0 atom stereocenters. The molecule has 3 nitrogen and oxygen atoms in total. The smallest absolute Gasteiger partial charge is 0.410 e. The van der Waals surface area contributed by atoms with Crippen molar-refractivity contribution in [3.8, 4) is 5.75 Å². The Balaban J connectivity index is 2.84. The summed E-state index contributed by atoms with van der Waals surface area (Å²) in [5.74, 6) is 1.03. The highest BCUT2D eigenvalue weighted by Gasteiger charge is 2.06. The van der Waals surface area contributed by atoms with E-state index in [1.165, 1.54) is 5.56 Å². The summed E-state index contributed by atoms with van der Waals surface area (Å²) in [4.78, 5) is 11.3. The molecule has 0 aromatic heterocycles. The van der Waals surface area contributed by atoms with Crippen molar-refractivity contribution in [2.75, 3.05) is 6.54 Å². The van der Waals surface area contributed by atoms with Gasteiger partial charge in [-0.3, -0.25) is 0 Å². The van der Waals surface area contributed by atoms with Crippen molar-refractivity contribution in [3.63, 3.8) is 0 Å². The fraction of sp³-hybridized carbons (Fsp3) is 0.462. The minimum absolute atomic E-state index is 0.400. The van der Waals surface area contributed by atoms with Gasteiger partial charge in [0.2, 0.25) is 0 Å². The van der Waals surface area contributed by atoms with Crippen LogP contribution in [0, 0.1) is 6.92 Å². The van der Waals surface area contributed by atoms with Gasteiger partial charge < -0.3 is 10.1 Å². The number of nitrogens with one attached hydrogen (secondary N) is 1. The maximum absolute atomic E-state index is 11.3. The predicted octanol–water partition coefficient (Wildman–Crippen LogP) is 3.23. The topological polar surface area (TPSA) is 38.3 Å². The van der Waals surface area contributed by atoms with Crippen LogP contribution in [0.25, 0.3) is 0 Å². The van der Waals surface area contributed by atoms with E-state index >= 15 is 0 Å². The zero-order chi connectivity index (χ0) is 12.1. The number of benzene rings is 1. The van der Waals surface area contributed by atoms with Crippen molar-refractivity contribution < 1.29 is 9.53 Å². The standard InChI is InChI=1S/C13H19NO2/c1-5-14-13(15)16-12-7-10(4)6-11(8-12)9(2)3/h6-9H,5H2,1-4H3,(H,14,15). The molecule has 0 bridgehead atoms. The second kappa shape index (κ2) is 5.54. The van der Waals surface area contributed by atoms with Crippen LogP contribution >= 0.6 is 0 Å². The molecule has 0 aliphatic heterocycles. The summed E-state index contributed by atoms with van der Waals surface area (Å²) in [5.41, 5.74) is 2.28. The van der Waals surface area contributed by atoms with Gasteiger partial charge in [-0.15, -0.1) is 0 Å². The molecule has 0 radical (unpaired) electrons. The molecule has 1 amide bonds. The summed E-state index contributed by atoms with van der Waals surface area (Å²) in [6, 6.07) is 5.88. The van der Waals surface area contributed by atoms with Crippen LogP contribution in [0.3, 0.4) is 0 Å². The number of amides is 1. The SMILES string of the molecule is CCNC(=O)Oc1cc(C)cc(C(C)C)c1. The Kier molecular flexibility index (Phi) is 4.35. The second-order valence-corrected chi connectivity index (χ2v) is 4.15. The molecular formula is C13H19NO2. The third-order valence-electron chi connectivity index (χ3n) is 2.27. The summed E-state index contributed by atoms with van der Waals surface area (Å²) in [6.07, 6.45) is -0.400. The zero-order valence-corrected chi connectivity index (χ0v) is 10.3. The molecule has 1 aromatic carbocycles. The number of ether oxygens (including phenoxy) is 1. The Labute approximate surface area is 96.8 Å². The molecule has 1 rings (SSSR count). The molecule has 0 spiro atoms. The first-order valence-corrected chi connectivity index (χ1v) is 5.60. The van der Waals surface area contributed by atoms with E-state index in [2.05, 4.69) is 25.2 Å². The second-order valence-electron chi connectivity index (χ2n) is 4.15. The maximum atomic E-state index is 11.3. The minimum atomic E-state index is -0.400. The van der Waals surface area contributed by atoms with Crippen molar-refractivity contribution >= 4 is 6.09 Å². The van der Waals surface area contributed by atoms with Crippen molar-refractivity contribution in [2.24, 2.45) is 0 Å². The van der Waals surface area contributed by atoms with Gasteiger partial charge in [0.05, 0.1) is 0 Å². The average Bonchev–Trinajstić information content (AvgIpc) is 2.16. The first-order valence-electron chi connectivity index (χ1n) is 5.60. The molecule has 0 unspecified atom stereocenters. The van der Waals surface area contributed by atoms with Crippen molar-refractivity contribution in [1.29, 1.82) is 0 Å². The van der Waals surface area contributed by atoms with Gasteiger partial charge in [0.25, 0.3) is 0 Å². The van der Waals surface area contributed by atoms with Gasteiger partial charge in [-0.25, -0.2) is 4.79 Å². The van der Waals surface area contributed by atoms with Crippen molar-refractivity contribution in [1.82, 2.24) is 5.32 Å². The van der Waals surface area contributed by atoms with Crippen molar-refractivity contribution in [2.45, 2.75) is 33.6 Å². The lowest BCUT2D eigenvalue weighted by Crippen LogP contribution is -2.26. The third kappa shape index (κ3) is 3.57. The molecule has 0 heterocycles. The third-order valence-corrected chi connectivity index (χ3v) is 2.27. The van der Waals surface area contributed by atoms with E-state index in [1.54, 1.807) is 0 Å². The first kappa shape index (κ1) is 12.6. The molecule has 0 fully saturated rings. The molecule has 16 heavy (non-hydrogen) atoms. The summed E-state index contributed by atoms with van der Waals surface area (Å²) >= 11 is 0. The fourth-order valence-electron chi connectivity index (χ4n) is 1.46. The van der Waals surface area contributed by atoms with Crippen LogP contribution in [-0.4, -0.2) is 12.6 Å². The molecule has 88 valence electrons. The number of carbonyl (C=O) groups is 1. The molecule has 3 heteroatoms. The molecular weight excluding hydrogens is 202 g/mol. The van der Waals surface area contributed by atoms with Gasteiger partial charge >= 0.3 is 6.09 Å². The largest absolute Gasteiger partial charge is 0.412 e. The van der Waals surface area contributed by atoms with Crippen LogP contribution in [0.1, 0.15) is 37.8 Å². The quantitative estimate of drug-likeness (QED) is 0.851. The van der Waals surface area contributed by atoms with Gasteiger partial charge in [-0.1, -0.05) is 19.9 Å². The minimum Gasteiger partial charge on any atom is -0.410 e. The highest BCUT2D eigenvalue weighted by atomic mass is 16.5. The Morgan fingerprint density at radius 1 is 1.38 bits per heavy atom. The number of rotatable bonds is 3. The summed E-state index contributed by atoms with van der Waals surface area (Å²) in [5, 5.41) is 2.60. The highest BCUT2D eigenvalue weighted by molar-refractivity contribution is 5.70. The number of aryl methyl sites for hydroxylation is 1. The molecule has 1 N–H and O–H groups in total. The average molecular weight is 221 g/mol. The van der Waals surface area contributed by atoms with Crippen LogP contribution in [0.4, 0.5) is 4.79 Å². The van der Waals surface area contributed by atoms with E-state index < -0.39 is 6.09 Å². The summed E-state index contributed by atoms with van der Waals surface area (Å²) < 4.78 is 5.18. The van der Waals surface area contributed by atoms with Gasteiger partial charge in [0, 0.05) is 6.54 Å². The number of carbonyl (C=O) groups excluding carboxylic acids is 1. The Hall–Kier alpha value is -1.51. The Morgan fingerprint density at radius 2 is 2.06 bits per heavy atom. The molecule has 0 aliphatic rings. The van der Waals surface area contributed by atoms with E-state index in [0.29, 0.717) is 18.2 Å². The van der Waals surface area contributed by atoms with Gasteiger partial charge in [0.1, 0.15) is 5.75 Å². The summed E-state index contributed by atoms with van der Waals surface area (Å²) in [6.45, 7) is 8.66. The molecule has 0 saturated heterocycles. The lowest BCUT2D eigenvalue weighted by Gasteiger charge is -2.10. The highest BCUT2D eigenvalue weighted by Crippen LogP contribution is 2.22. The van der Waals surface area contributed by atoms with Gasteiger partial charge in [-0.05, 0) is 43.0 Å². The predicted molar refractivity (Wildman–Crippen MR) is 65.0 cm³/mol. The molecule has 0 saturated carbocycles. The Morgan fingerprint density at radius 3 is 2.62 bits per heavy atom. The fourth-order valence-corrected chi connectivity index (χ4v) is 1.46. The lowest BCUT2D eigenvalue weighted by molar-refractivity contribution is 0.201. The van der Waals surface area contributed by atoms with Crippen LogP contribution in [0.15, 0.2) is 18.2 Å². The van der Waals surface area contributed by atoms with Crippen LogP contribution in [0.2, 0.25) is 0 Å². The van der Waals surface area contributed by atoms with E-state index in [-0.39, 0.29) is 0 Å². The number of hydrogen-bond acceptors (Lipinski definition) is 2. The zero-order valence-electron chi connectivity index (χ0n) is 10.3.